The first-order valence-corrected chi connectivity index (χ1v) is 7.99. The lowest BCUT2D eigenvalue weighted by molar-refractivity contribution is 0.101. The molecule has 0 aliphatic carbocycles. The molecule has 0 spiro atoms. The molecule has 1 aliphatic rings. The number of halogens is 2. The zero-order valence-corrected chi connectivity index (χ0v) is 13.7. The SMILES string of the molecule is CC(=O)c1ccc(C#N)cc1NC1CCN(c2ccc(F)cc2F)C1. The molecule has 25 heavy (non-hydrogen) atoms. The van der Waals surface area contributed by atoms with E-state index in [9.17, 15) is 13.6 Å². The number of nitrogens with zero attached hydrogens (tertiary/aromatic N) is 2. The Morgan fingerprint density at radius 2 is 2.08 bits per heavy atom. The van der Waals surface area contributed by atoms with Crippen molar-refractivity contribution in [1.82, 2.24) is 0 Å². The van der Waals surface area contributed by atoms with Gasteiger partial charge in [0, 0.05) is 36.4 Å². The predicted octanol–water partition coefficient (Wildman–Crippen LogP) is 3.73. The Bertz CT molecular complexity index is 860. The van der Waals surface area contributed by atoms with Gasteiger partial charge in [-0.1, -0.05) is 0 Å². The highest BCUT2D eigenvalue weighted by Crippen LogP contribution is 2.27. The Morgan fingerprint density at radius 3 is 2.76 bits per heavy atom. The summed E-state index contributed by atoms with van der Waals surface area (Å²) in [7, 11) is 0. The van der Waals surface area contributed by atoms with E-state index >= 15 is 0 Å². The lowest BCUT2D eigenvalue weighted by Gasteiger charge is -2.21. The molecule has 2 aromatic rings. The predicted molar refractivity (Wildman–Crippen MR) is 91.8 cm³/mol. The van der Waals surface area contributed by atoms with Crippen LogP contribution in [0.1, 0.15) is 29.3 Å². The van der Waals surface area contributed by atoms with E-state index in [0.717, 1.165) is 12.5 Å². The summed E-state index contributed by atoms with van der Waals surface area (Å²) in [5.74, 6) is -1.28. The van der Waals surface area contributed by atoms with Crippen LogP contribution in [0.4, 0.5) is 20.2 Å². The van der Waals surface area contributed by atoms with E-state index in [1.807, 2.05) is 4.90 Å². The fourth-order valence-electron chi connectivity index (χ4n) is 3.09. The van der Waals surface area contributed by atoms with E-state index in [1.54, 1.807) is 18.2 Å². The highest BCUT2D eigenvalue weighted by atomic mass is 19.1. The Kier molecular flexibility index (Phi) is 4.66. The number of carbonyl (C=O) groups is 1. The highest BCUT2D eigenvalue weighted by molar-refractivity contribution is 5.99. The summed E-state index contributed by atoms with van der Waals surface area (Å²) < 4.78 is 27.0. The van der Waals surface area contributed by atoms with Crippen LogP contribution in [0.2, 0.25) is 0 Å². The summed E-state index contributed by atoms with van der Waals surface area (Å²) in [6, 6.07) is 10.5. The number of carbonyl (C=O) groups excluding carboxylic acids is 1. The van der Waals surface area contributed by atoms with Gasteiger partial charge in [0.15, 0.2) is 5.78 Å². The third-order valence-electron chi connectivity index (χ3n) is 4.33. The van der Waals surface area contributed by atoms with Gasteiger partial charge in [-0.25, -0.2) is 8.78 Å². The zero-order valence-electron chi connectivity index (χ0n) is 13.7. The molecule has 1 aliphatic heterocycles. The van der Waals surface area contributed by atoms with Crippen molar-refractivity contribution in [2.75, 3.05) is 23.3 Å². The second kappa shape index (κ2) is 6.89. The van der Waals surface area contributed by atoms with Crippen LogP contribution in [-0.4, -0.2) is 24.9 Å². The van der Waals surface area contributed by atoms with E-state index < -0.39 is 11.6 Å². The molecular weight excluding hydrogens is 324 g/mol. The largest absolute Gasteiger partial charge is 0.380 e. The number of nitrogens with one attached hydrogen (secondary N) is 1. The van der Waals surface area contributed by atoms with Gasteiger partial charge in [0.1, 0.15) is 11.6 Å². The van der Waals surface area contributed by atoms with Crippen LogP contribution in [0.15, 0.2) is 36.4 Å². The average molecular weight is 341 g/mol. The molecule has 1 fully saturated rings. The van der Waals surface area contributed by atoms with Crippen molar-refractivity contribution in [3.8, 4) is 6.07 Å². The molecule has 0 aromatic heterocycles. The molecule has 1 N–H and O–H groups in total. The minimum Gasteiger partial charge on any atom is -0.380 e. The lowest BCUT2D eigenvalue weighted by atomic mass is 10.1. The van der Waals surface area contributed by atoms with E-state index in [2.05, 4.69) is 11.4 Å². The molecule has 2 aromatic carbocycles. The molecule has 0 saturated carbocycles. The number of hydrogen-bond donors (Lipinski definition) is 1. The first kappa shape index (κ1) is 16.9. The Hall–Kier alpha value is -2.94. The summed E-state index contributed by atoms with van der Waals surface area (Å²) in [6.07, 6.45) is 0.741. The van der Waals surface area contributed by atoms with E-state index in [0.29, 0.717) is 35.6 Å². The van der Waals surface area contributed by atoms with Gasteiger partial charge in [-0.2, -0.15) is 5.26 Å². The fourth-order valence-corrected chi connectivity index (χ4v) is 3.09. The summed E-state index contributed by atoms with van der Waals surface area (Å²) in [5, 5.41) is 12.3. The number of Topliss-reactive ketones (excluding diaryl/α,β-unsaturated/α-hetero) is 1. The average Bonchev–Trinajstić information content (AvgIpc) is 3.02. The molecule has 0 radical (unpaired) electrons. The molecular formula is C19H17F2N3O. The highest BCUT2D eigenvalue weighted by Gasteiger charge is 2.25. The first-order chi connectivity index (χ1) is 12.0. The lowest BCUT2D eigenvalue weighted by Crippen LogP contribution is -2.27. The Balaban J connectivity index is 1.77. The molecule has 6 heteroatoms. The van der Waals surface area contributed by atoms with Crippen LogP contribution in [0.3, 0.4) is 0 Å². The standard InChI is InChI=1S/C19H17F2N3O/c1-12(25)16-4-2-13(10-22)8-18(16)23-15-6-7-24(11-15)19-5-3-14(20)9-17(19)21/h2-5,8-9,15,23H,6-7,11H2,1H3. The minimum absolute atomic E-state index is 0.00324. The molecule has 1 saturated heterocycles. The quantitative estimate of drug-likeness (QED) is 0.861. The van der Waals surface area contributed by atoms with Crippen molar-refractivity contribution in [3.63, 3.8) is 0 Å². The van der Waals surface area contributed by atoms with Gasteiger partial charge in [0.05, 0.1) is 17.3 Å². The van der Waals surface area contributed by atoms with E-state index in [1.165, 1.54) is 19.1 Å². The molecule has 128 valence electrons. The third-order valence-corrected chi connectivity index (χ3v) is 4.33. The number of ketones is 1. The maximum atomic E-state index is 13.9. The van der Waals surface area contributed by atoms with E-state index in [4.69, 9.17) is 5.26 Å². The van der Waals surface area contributed by atoms with E-state index in [-0.39, 0.29) is 11.8 Å². The number of anilines is 2. The van der Waals surface area contributed by atoms with Crippen LogP contribution in [0.25, 0.3) is 0 Å². The van der Waals surface area contributed by atoms with Crippen LogP contribution < -0.4 is 10.2 Å². The summed E-state index contributed by atoms with van der Waals surface area (Å²) >= 11 is 0. The van der Waals surface area contributed by atoms with Crippen molar-refractivity contribution in [2.24, 2.45) is 0 Å². The van der Waals surface area contributed by atoms with Gasteiger partial charge < -0.3 is 10.2 Å². The second-order valence-electron chi connectivity index (χ2n) is 6.10. The summed E-state index contributed by atoms with van der Waals surface area (Å²) in [6.45, 7) is 2.62. The first-order valence-electron chi connectivity index (χ1n) is 7.99. The van der Waals surface area contributed by atoms with Crippen molar-refractivity contribution in [3.05, 3.63) is 59.2 Å². The van der Waals surface area contributed by atoms with Crippen molar-refractivity contribution in [2.45, 2.75) is 19.4 Å². The monoisotopic (exact) mass is 341 g/mol. The Labute approximate surface area is 144 Å². The number of rotatable bonds is 4. The van der Waals surface area contributed by atoms with Gasteiger partial charge >= 0.3 is 0 Å². The van der Waals surface area contributed by atoms with Crippen LogP contribution in [-0.2, 0) is 0 Å². The van der Waals surface area contributed by atoms with Crippen molar-refractivity contribution >= 4 is 17.2 Å². The summed E-state index contributed by atoms with van der Waals surface area (Å²) in [4.78, 5) is 13.6. The van der Waals surface area contributed by atoms with Gasteiger partial charge in [0.25, 0.3) is 0 Å². The normalized spacial score (nSPS) is 16.6. The van der Waals surface area contributed by atoms with Gasteiger partial charge in [-0.05, 0) is 43.7 Å². The number of benzene rings is 2. The van der Waals surface area contributed by atoms with Gasteiger partial charge in [0.2, 0.25) is 0 Å². The molecule has 4 nitrogen and oxygen atoms in total. The number of hydrogen-bond acceptors (Lipinski definition) is 4. The van der Waals surface area contributed by atoms with Gasteiger partial charge in [-0.3, -0.25) is 4.79 Å². The minimum atomic E-state index is -0.602. The fraction of sp³-hybridized carbons (Fsp3) is 0.263. The second-order valence-corrected chi connectivity index (χ2v) is 6.10. The molecule has 0 amide bonds. The van der Waals surface area contributed by atoms with Crippen LogP contribution in [0, 0.1) is 23.0 Å². The Morgan fingerprint density at radius 1 is 1.28 bits per heavy atom. The number of nitriles is 1. The zero-order chi connectivity index (χ0) is 18.0. The summed E-state index contributed by atoms with van der Waals surface area (Å²) in [5.41, 5.74) is 1.96. The molecule has 1 heterocycles. The topological polar surface area (TPSA) is 56.1 Å². The van der Waals surface area contributed by atoms with Crippen molar-refractivity contribution < 1.29 is 13.6 Å². The smallest absolute Gasteiger partial charge is 0.161 e. The van der Waals surface area contributed by atoms with Gasteiger partial charge in [-0.15, -0.1) is 0 Å². The third kappa shape index (κ3) is 3.61. The van der Waals surface area contributed by atoms with Crippen LogP contribution in [0.5, 0.6) is 0 Å². The molecule has 1 atom stereocenters. The maximum absolute atomic E-state index is 13.9. The van der Waals surface area contributed by atoms with Crippen LogP contribution >= 0.6 is 0 Å². The molecule has 3 rings (SSSR count). The molecule has 0 bridgehead atoms. The maximum Gasteiger partial charge on any atom is 0.161 e. The van der Waals surface area contributed by atoms with Crippen molar-refractivity contribution in [1.29, 1.82) is 5.26 Å². The molecule has 1 unspecified atom stereocenters.